The van der Waals surface area contributed by atoms with E-state index in [1.807, 2.05) is 12.1 Å². The summed E-state index contributed by atoms with van der Waals surface area (Å²) in [6, 6.07) is 6.19. The molecule has 4 heteroatoms. The van der Waals surface area contributed by atoms with E-state index < -0.39 is 6.10 Å². The molecular weight excluding hydrogens is 316 g/mol. The van der Waals surface area contributed by atoms with Gasteiger partial charge in [0.2, 0.25) is 0 Å². The molecule has 0 aromatic heterocycles. The van der Waals surface area contributed by atoms with Gasteiger partial charge in [0.05, 0.1) is 0 Å². The molecular formula is C13H15BrOS2. The SMILES string of the molecule is CSC(SC)=C1CCc2ccc(Br)cc2C1O. The number of aliphatic hydroxyl groups excluding tert-OH is 1. The second kappa shape index (κ2) is 5.83. The summed E-state index contributed by atoms with van der Waals surface area (Å²) in [5.74, 6) is 0. The van der Waals surface area contributed by atoms with Gasteiger partial charge >= 0.3 is 0 Å². The highest BCUT2D eigenvalue weighted by atomic mass is 79.9. The van der Waals surface area contributed by atoms with E-state index in [1.165, 1.54) is 15.4 Å². The van der Waals surface area contributed by atoms with Crippen LogP contribution in [0.5, 0.6) is 0 Å². The first-order valence-corrected chi connectivity index (χ1v) is 8.69. The number of thioether (sulfide) groups is 2. The van der Waals surface area contributed by atoms with Crippen molar-refractivity contribution in [2.24, 2.45) is 0 Å². The number of hydrogen-bond donors (Lipinski definition) is 1. The van der Waals surface area contributed by atoms with Crippen molar-refractivity contribution < 1.29 is 5.11 Å². The van der Waals surface area contributed by atoms with Crippen LogP contribution in [0, 0.1) is 0 Å². The second-order valence-electron chi connectivity index (χ2n) is 3.97. The fraction of sp³-hybridized carbons (Fsp3) is 0.385. The quantitative estimate of drug-likeness (QED) is 0.869. The van der Waals surface area contributed by atoms with Crippen molar-refractivity contribution in [3.05, 3.63) is 43.6 Å². The molecule has 1 unspecified atom stereocenters. The zero-order chi connectivity index (χ0) is 12.4. The molecule has 17 heavy (non-hydrogen) atoms. The van der Waals surface area contributed by atoms with E-state index >= 15 is 0 Å². The molecule has 0 spiro atoms. The lowest BCUT2D eigenvalue weighted by atomic mass is 9.86. The number of aliphatic hydroxyl groups is 1. The third kappa shape index (κ3) is 2.75. The van der Waals surface area contributed by atoms with Gasteiger partial charge in [-0.3, -0.25) is 0 Å². The van der Waals surface area contributed by atoms with Crippen LogP contribution < -0.4 is 0 Å². The van der Waals surface area contributed by atoms with Gasteiger partial charge < -0.3 is 5.11 Å². The van der Waals surface area contributed by atoms with Gasteiger partial charge in [0.1, 0.15) is 6.10 Å². The monoisotopic (exact) mass is 330 g/mol. The maximum atomic E-state index is 10.5. The number of rotatable bonds is 2. The summed E-state index contributed by atoms with van der Waals surface area (Å²) in [7, 11) is 0. The minimum Gasteiger partial charge on any atom is -0.384 e. The van der Waals surface area contributed by atoms with Gasteiger partial charge in [0.15, 0.2) is 0 Å². The van der Waals surface area contributed by atoms with Crippen LogP contribution in [0.2, 0.25) is 0 Å². The molecule has 0 saturated heterocycles. The molecule has 0 heterocycles. The van der Waals surface area contributed by atoms with Gasteiger partial charge in [-0.05, 0) is 54.2 Å². The van der Waals surface area contributed by atoms with Gasteiger partial charge in [-0.15, -0.1) is 23.5 Å². The van der Waals surface area contributed by atoms with E-state index in [9.17, 15) is 5.11 Å². The van der Waals surface area contributed by atoms with Gasteiger partial charge in [-0.2, -0.15) is 0 Å². The Morgan fingerprint density at radius 2 is 2.00 bits per heavy atom. The van der Waals surface area contributed by atoms with Crippen LogP contribution in [0.15, 0.2) is 32.5 Å². The van der Waals surface area contributed by atoms with Crippen molar-refractivity contribution in [1.29, 1.82) is 0 Å². The summed E-state index contributed by atoms with van der Waals surface area (Å²) in [5, 5.41) is 10.5. The summed E-state index contributed by atoms with van der Waals surface area (Å²) in [5.41, 5.74) is 3.50. The molecule has 0 fully saturated rings. The summed E-state index contributed by atoms with van der Waals surface area (Å²) >= 11 is 6.93. The van der Waals surface area contributed by atoms with Gasteiger partial charge in [0, 0.05) is 8.71 Å². The van der Waals surface area contributed by atoms with Crippen LogP contribution in [0.25, 0.3) is 0 Å². The Hall–Kier alpha value is 0.1000. The Kier molecular flexibility index (Phi) is 4.64. The maximum absolute atomic E-state index is 10.5. The van der Waals surface area contributed by atoms with Crippen LogP contribution in [0.1, 0.15) is 23.7 Å². The van der Waals surface area contributed by atoms with Gasteiger partial charge in [-0.1, -0.05) is 22.0 Å². The molecule has 0 radical (unpaired) electrons. The third-order valence-electron chi connectivity index (χ3n) is 3.03. The van der Waals surface area contributed by atoms with E-state index in [-0.39, 0.29) is 0 Å². The predicted molar refractivity (Wildman–Crippen MR) is 81.5 cm³/mol. The van der Waals surface area contributed by atoms with Crippen LogP contribution in [0.3, 0.4) is 0 Å². The highest BCUT2D eigenvalue weighted by Gasteiger charge is 2.25. The molecule has 1 nitrogen and oxygen atoms in total. The highest BCUT2D eigenvalue weighted by Crippen LogP contribution is 2.41. The molecule has 92 valence electrons. The predicted octanol–water partition coefficient (Wildman–Crippen LogP) is 4.37. The molecule has 0 saturated carbocycles. The number of hydrogen-bond acceptors (Lipinski definition) is 3. The van der Waals surface area contributed by atoms with Crippen molar-refractivity contribution in [2.45, 2.75) is 18.9 Å². The molecule has 0 aliphatic heterocycles. The lowest BCUT2D eigenvalue weighted by Crippen LogP contribution is -2.13. The maximum Gasteiger partial charge on any atom is 0.102 e. The molecule has 1 aromatic rings. The lowest BCUT2D eigenvalue weighted by molar-refractivity contribution is 0.205. The summed E-state index contributed by atoms with van der Waals surface area (Å²) in [6.45, 7) is 0. The van der Waals surface area contributed by atoms with Crippen LogP contribution in [-0.4, -0.2) is 17.6 Å². The molecule has 0 amide bonds. The fourth-order valence-corrected chi connectivity index (χ4v) is 4.20. The van der Waals surface area contributed by atoms with Crippen molar-refractivity contribution in [2.75, 3.05) is 12.5 Å². The average Bonchev–Trinajstić information content (AvgIpc) is 2.34. The van der Waals surface area contributed by atoms with Crippen molar-refractivity contribution >= 4 is 39.5 Å². The molecule has 0 bridgehead atoms. The fourth-order valence-electron chi connectivity index (χ4n) is 2.20. The standard InChI is InChI=1S/C13H15BrOS2/c1-16-13(17-2)10-6-4-8-3-5-9(14)7-11(8)12(10)15/h3,5,7,12,15H,4,6H2,1-2H3. The molecule has 1 aliphatic carbocycles. The molecule has 2 rings (SSSR count). The van der Waals surface area contributed by atoms with E-state index in [0.29, 0.717) is 0 Å². The Morgan fingerprint density at radius 1 is 1.29 bits per heavy atom. The van der Waals surface area contributed by atoms with Gasteiger partial charge in [0.25, 0.3) is 0 Å². The van der Waals surface area contributed by atoms with Crippen LogP contribution in [0.4, 0.5) is 0 Å². The third-order valence-corrected chi connectivity index (χ3v) is 5.79. The zero-order valence-electron chi connectivity index (χ0n) is 9.87. The van der Waals surface area contributed by atoms with Crippen molar-refractivity contribution in [1.82, 2.24) is 0 Å². The minimum absolute atomic E-state index is 0.439. The first-order valence-electron chi connectivity index (χ1n) is 5.44. The van der Waals surface area contributed by atoms with E-state index in [0.717, 1.165) is 22.9 Å². The second-order valence-corrected chi connectivity index (χ2v) is 6.77. The van der Waals surface area contributed by atoms with E-state index in [1.54, 1.807) is 23.5 Å². The topological polar surface area (TPSA) is 20.2 Å². The highest BCUT2D eigenvalue weighted by molar-refractivity contribution is 9.10. The largest absolute Gasteiger partial charge is 0.384 e. The zero-order valence-corrected chi connectivity index (χ0v) is 13.1. The molecule has 1 atom stereocenters. The minimum atomic E-state index is -0.439. The number of fused-ring (bicyclic) bond motifs is 1. The molecule has 1 N–H and O–H groups in total. The molecule has 1 aliphatic rings. The first-order chi connectivity index (χ1) is 8.17. The number of aryl methyl sites for hydroxylation is 1. The summed E-state index contributed by atoms with van der Waals surface area (Å²) in [4.78, 5) is 0. The normalized spacial score (nSPS) is 19.1. The lowest BCUT2D eigenvalue weighted by Gasteiger charge is -2.26. The van der Waals surface area contributed by atoms with Gasteiger partial charge in [-0.25, -0.2) is 0 Å². The number of halogens is 1. The summed E-state index contributed by atoms with van der Waals surface area (Å²) < 4.78 is 2.29. The van der Waals surface area contributed by atoms with Crippen molar-refractivity contribution in [3.8, 4) is 0 Å². The summed E-state index contributed by atoms with van der Waals surface area (Å²) in [6.07, 6.45) is 5.70. The van der Waals surface area contributed by atoms with E-state index in [2.05, 4.69) is 34.5 Å². The first kappa shape index (κ1) is 13.5. The number of benzene rings is 1. The Labute approximate surface area is 119 Å². The average molecular weight is 331 g/mol. The van der Waals surface area contributed by atoms with E-state index in [4.69, 9.17) is 0 Å². The van der Waals surface area contributed by atoms with Crippen LogP contribution >= 0.6 is 39.5 Å². The smallest absolute Gasteiger partial charge is 0.102 e. The Morgan fingerprint density at radius 3 is 2.65 bits per heavy atom. The molecule has 1 aromatic carbocycles. The Balaban J connectivity index is 2.45. The van der Waals surface area contributed by atoms with Crippen LogP contribution in [-0.2, 0) is 6.42 Å². The van der Waals surface area contributed by atoms with Crippen molar-refractivity contribution in [3.63, 3.8) is 0 Å². The Bertz CT molecular complexity index is 451.